The van der Waals surface area contributed by atoms with Crippen molar-refractivity contribution in [3.05, 3.63) is 70.9 Å². The Bertz CT molecular complexity index is 1210. The number of likely N-dealkylation sites (tertiary alicyclic amines) is 1. The van der Waals surface area contributed by atoms with Crippen molar-refractivity contribution in [1.29, 1.82) is 5.26 Å². The third kappa shape index (κ3) is 4.48. The second kappa shape index (κ2) is 8.92. The average molecular weight is 452 g/mol. The highest BCUT2D eigenvalue weighted by Gasteiger charge is 2.32. The van der Waals surface area contributed by atoms with E-state index in [1.807, 2.05) is 35.0 Å². The Kier molecular flexibility index (Phi) is 6.07. The Morgan fingerprint density at radius 1 is 1.03 bits per heavy atom. The summed E-state index contributed by atoms with van der Waals surface area (Å²) in [6.07, 6.45) is 0.754. The number of para-hydroxylation sites is 1. The molecule has 1 aromatic heterocycles. The van der Waals surface area contributed by atoms with Crippen molar-refractivity contribution in [3.8, 4) is 17.2 Å². The molecule has 0 atom stereocenters. The molecule has 1 fully saturated rings. The number of nitrogens with zero attached hydrogens (tertiary/aromatic N) is 2. The molecule has 158 valence electrons. The SMILES string of the molecule is N#Cc1ccccc1NC(=O)N1CCC(S(=O)(=O)c2ccc(-c3ccsc3)cc2)CC1. The Morgan fingerprint density at radius 3 is 2.39 bits per heavy atom. The number of sulfone groups is 1. The van der Waals surface area contributed by atoms with Gasteiger partial charge in [-0.25, -0.2) is 13.2 Å². The number of hydrogen-bond acceptors (Lipinski definition) is 5. The second-order valence-electron chi connectivity index (χ2n) is 7.36. The van der Waals surface area contributed by atoms with Crippen LogP contribution in [0, 0.1) is 11.3 Å². The normalized spacial score (nSPS) is 14.7. The summed E-state index contributed by atoms with van der Waals surface area (Å²) in [4.78, 5) is 14.5. The Hall–Kier alpha value is -3.15. The molecule has 4 rings (SSSR count). The van der Waals surface area contributed by atoms with E-state index in [2.05, 4.69) is 5.32 Å². The average Bonchev–Trinajstić information content (AvgIpc) is 3.34. The lowest BCUT2D eigenvalue weighted by Crippen LogP contribution is -2.44. The van der Waals surface area contributed by atoms with Crippen LogP contribution >= 0.6 is 11.3 Å². The highest BCUT2D eigenvalue weighted by Crippen LogP contribution is 2.28. The van der Waals surface area contributed by atoms with Gasteiger partial charge in [0.15, 0.2) is 9.84 Å². The fraction of sp³-hybridized carbons (Fsp3) is 0.217. The van der Waals surface area contributed by atoms with Gasteiger partial charge in [-0.3, -0.25) is 0 Å². The summed E-state index contributed by atoms with van der Waals surface area (Å²) in [5.41, 5.74) is 2.91. The number of benzene rings is 2. The summed E-state index contributed by atoms with van der Waals surface area (Å²) in [5.74, 6) is 0. The molecule has 31 heavy (non-hydrogen) atoms. The predicted octanol–water partition coefficient (Wildman–Crippen LogP) is 4.76. The molecule has 2 aromatic carbocycles. The minimum Gasteiger partial charge on any atom is -0.324 e. The van der Waals surface area contributed by atoms with Crippen molar-refractivity contribution in [2.75, 3.05) is 18.4 Å². The zero-order valence-electron chi connectivity index (χ0n) is 16.7. The number of rotatable bonds is 4. The molecule has 8 heteroatoms. The molecule has 1 aliphatic heterocycles. The maximum atomic E-state index is 13.1. The van der Waals surface area contributed by atoms with Gasteiger partial charge < -0.3 is 10.2 Å². The molecule has 0 spiro atoms. The fourth-order valence-corrected chi connectivity index (χ4v) is 6.11. The van der Waals surface area contributed by atoms with Crippen LogP contribution < -0.4 is 5.32 Å². The smallest absolute Gasteiger partial charge is 0.321 e. The largest absolute Gasteiger partial charge is 0.324 e. The van der Waals surface area contributed by atoms with Gasteiger partial charge in [0.2, 0.25) is 0 Å². The third-order valence-electron chi connectivity index (χ3n) is 5.49. The highest BCUT2D eigenvalue weighted by molar-refractivity contribution is 7.92. The van der Waals surface area contributed by atoms with Gasteiger partial charge in [0.05, 0.1) is 21.4 Å². The van der Waals surface area contributed by atoms with Crippen molar-refractivity contribution < 1.29 is 13.2 Å². The monoisotopic (exact) mass is 451 g/mol. The van der Waals surface area contributed by atoms with Gasteiger partial charge in [0.25, 0.3) is 0 Å². The molecule has 0 radical (unpaired) electrons. The highest BCUT2D eigenvalue weighted by atomic mass is 32.2. The van der Waals surface area contributed by atoms with Crippen LogP contribution in [0.25, 0.3) is 11.1 Å². The van der Waals surface area contributed by atoms with E-state index in [0.717, 1.165) is 11.1 Å². The van der Waals surface area contributed by atoms with E-state index < -0.39 is 15.1 Å². The zero-order chi connectivity index (χ0) is 21.8. The Morgan fingerprint density at radius 2 is 1.74 bits per heavy atom. The van der Waals surface area contributed by atoms with Crippen LogP contribution in [-0.2, 0) is 9.84 Å². The number of nitriles is 1. The topological polar surface area (TPSA) is 90.3 Å². The number of carbonyl (C=O) groups excluding carboxylic acids is 1. The van der Waals surface area contributed by atoms with Crippen LogP contribution in [0.15, 0.2) is 70.3 Å². The standard InChI is InChI=1S/C23H21N3O3S2/c24-15-18-3-1-2-4-22(18)25-23(27)26-12-9-21(10-13-26)31(28,29)20-7-5-17(6-8-20)19-11-14-30-16-19/h1-8,11,14,16,21H,9-10,12-13H2,(H,25,27). The molecule has 0 aliphatic carbocycles. The van der Waals surface area contributed by atoms with Crippen LogP contribution in [0.4, 0.5) is 10.5 Å². The molecule has 2 amide bonds. The van der Waals surface area contributed by atoms with Gasteiger partial charge in [-0.05, 0) is 65.1 Å². The molecule has 1 N–H and O–H groups in total. The third-order valence-corrected chi connectivity index (χ3v) is 8.46. The van der Waals surface area contributed by atoms with Gasteiger partial charge in [-0.1, -0.05) is 24.3 Å². The van der Waals surface area contributed by atoms with Crippen molar-refractivity contribution >= 4 is 32.9 Å². The Balaban J connectivity index is 1.39. The lowest BCUT2D eigenvalue weighted by atomic mass is 10.1. The summed E-state index contributed by atoms with van der Waals surface area (Å²) in [7, 11) is -3.47. The van der Waals surface area contributed by atoms with Crippen LogP contribution in [0.2, 0.25) is 0 Å². The summed E-state index contributed by atoms with van der Waals surface area (Å²) < 4.78 is 26.2. The van der Waals surface area contributed by atoms with Crippen LogP contribution in [0.1, 0.15) is 18.4 Å². The van der Waals surface area contributed by atoms with Crippen LogP contribution in [0.5, 0.6) is 0 Å². The van der Waals surface area contributed by atoms with E-state index in [0.29, 0.717) is 42.1 Å². The van der Waals surface area contributed by atoms with Crippen LogP contribution in [-0.4, -0.2) is 37.7 Å². The lowest BCUT2D eigenvalue weighted by molar-refractivity contribution is 0.200. The number of hydrogen-bond donors (Lipinski definition) is 1. The molecule has 2 heterocycles. The molecular formula is C23H21N3O3S2. The van der Waals surface area contributed by atoms with E-state index in [9.17, 15) is 13.2 Å². The number of thiophene rings is 1. The number of piperidine rings is 1. The summed E-state index contributed by atoms with van der Waals surface area (Å²) in [6, 6.07) is 17.5. The van der Waals surface area contributed by atoms with Gasteiger partial charge in [-0.2, -0.15) is 16.6 Å². The fourth-order valence-electron chi connectivity index (χ4n) is 3.71. The minimum absolute atomic E-state index is 0.317. The Labute approximate surface area is 185 Å². The van der Waals surface area contributed by atoms with Gasteiger partial charge in [0, 0.05) is 13.1 Å². The van der Waals surface area contributed by atoms with Gasteiger partial charge >= 0.3 is 6.03 Å². The predicted molar refractivity (Wildman–Crippen MR) is 122 cm³/mol. The number of urea groups is 1. The molecule has 0 saturated carbocycles. The second-order valence-corrected chi connectivity index (χ2v) is 10.4. The minimum atomic E-state index is -3.47. The zero-order valence-corrected chi connectivity index (χ0v) is 18.3. The maximum absolute atomic E-state index is 13.1. The van der Waals surface area contributed by atoms with E-state index in [4.69, 9.17) is 5.26 Å². The maximum Gasteiger partial charge on any atom is 0.321 e. The van der Waals surface area contributed by atoms with Crippen molar-refractivity contribution in [2.24, 2.45) is 0 Å². The van der Waals surface area contributed by atoms with E-state index in [1.54, 1.807) is 52.6 Å². The summed E-state index contributed by atoms with van der Waals surface area (Å²) in [5, 5.41) is 15.4. The summed E-state index contributed by atoms with van der Waals surface area (Å²) >= 11 is 1.60. The molecule has 3 aromatic rings. The molecule has 6 nitrogen and oxygen atoms in total. The molecule has 1 saturated heterocycles. The lowest BCUT2D eigenvalue weighted by Gasteiger charge is -2.31. The molecular weight excluding hydrogens is 430 g/mol. The van der Waals surface area contributed by atoms with Gasteiger partial charge in [0.1, 0.15) is 6.07 Å². The van der Waals surface area contributed by atoms with E-state index in [1.165, 1.54) is 0 Å². The number of carbonyl (C=O) groups is 1. The number of nitrogens with one attached hydrogen (secondary N) is 1. The molecule has 0 bridgehead atoms. The number of anilines is 1. The molecule has 0 unspecified atom stereocenters. The van der Waals surface area contributed by atoms with Crippen molar-refractivity contribution in [1.82, 2.24) is 4.90 Å². The van der Waals surface area contributed by atoms with E-state index in [-0.39, 0.29) is 6.03 Å². The first-order valence-corrected chi connectivity index (χ1v) is 12.4. The van der Waals surface area contributed by atoms with Crippen molar-refractivity contribution in [3.63, 3.8) is 0 Å². The first-order valence-electron chi connectivity index (χ1n) is 9.90. The first-order chi connectivity index (χ1) is 15.0. The van der Waals surface area contributed by atoms with Crippen molar-refractivity contribution in [2.45, 2.75) is 23.0 Å². The van der Waals surface area contributed by atoms with Crippen LogP contribution in [0.3, 0.4) is 0 Å². The summed E-state index contributed by atoms with van der Waals surface area (Å²) in [6.45, 7) is 0.689. The first kappa shape index (κ1) is 21.1. The van der Waals surface area contributed by atoms with E-state index >= 15 is 0 Å². The van der Waals surface area contributed by atoms with Gasteiger partial charge in [-0.15, -0.1) is 0 Å². The quantitative estimate of drug-likeness (QED) is 0.619. The molecule has 1 aliphatic rings. The number of amides is 2.